The molecule has 0 bridgehead atoms. The maximum Gasteiger partial charge on any atom is 0.195 e. The molecule has 3 rings (SSSR count). The number of ether oxygens (including phenoxy) is 2. The van der Waals surface area contributed by atoms with Crippen LogP contribution in [0.1, 0.15) is 39.0 Å². The third kappa shape index (κ3) is 5.64. The van der Waals surface area contributed by atoms with Crippen molar-refractivity contribution in [3.05, 3.63) is 18.2 Å². The molecule has 1 aliphatic carbocycles. The lowest BCUT2D eigenvalue weighted by atomic mass is 10.0. The van der Waals surface area contributed by atoms with Gasteiger partial charge in [-0.1, -0.05) is 12.8 Å². The number of guanidine groups is 1. The number of benzene rings is 1. The lowest BCUT2D eigenvalue weighted by Crippen LogP contribution is -2.34. The third-order valence-corrected chi connectivity index (χ3v) is 4.42. The second kappa shape index (κ2) is 9.47. The highest BCUT2D eigenvalue weighted by atomic mass is 127. The Labute approximate surface area is 166 Å². The molecule has 25 heavy (non-hydrogen) atoms. The smallest absolute Gasteiger partial charge is 0.195 e. The molecule has 6 nitrogen and oxygen atoms in total. The lowest BCUT2D eigenvalue weighted by Gasteiger charge is -2.20. The number of aliphatic imine (C=N–C) groups is 1. The maximum absolute atomic E-state index is 10.5. The summed E-state index contributed by atoms with van der Waals surface area (Å²) < 4.78 is 11.4. The number of nitrogens with zero attached hydrogens (tertiary/aromatic N) is 1. The molecule has 0 spiro atoms. The predicted molar refractivity (Wildman–Crippen MR) is 110 cm³/mol. The molecule has 0 aromatic heterocycles. The molecular formula is C18H28IN3O3. The van der Waals surface area contributed by atoms with Gasteiger partial charge in [-0.3, -0.25) is 4.99 Å². The first-order chi connectivity index (χ1) is 11.7. The molecule has 0 unspecified atom stereocenters. The highest BCUT2D eigenvalue weighted by Gasteiger charge is 2.30. The Morgan fingerprint density at radius 3 is 2.60 bits per heavy atom. The first-order valence-electron chi connectivity index (χ1n) is 8.86. The molecule has 7 heteroatoms. The van der Waals surface area contributed by atoms with Crippen LogP contribution in [0.4, 0.5) is 5.69 Å². The Kier molecular flexibility index (Phi) is 7.61. The highest BCUT2D eigenvalue weighted by molar-refractivity contribution is 14.0. The van der Waals surface area contributed by atoms with E-state index in [0.717, 1.165) is 55.8 Å². The third-order valence-electron chi connectivity index (χ3n) is 4.42. The van der Waals surface area contributed by atoms with Gasteiger partial charge in [-0.2, -0.15) is 0 Å². The molecule has 1 aromatic rings. The summed E-state index contributed by atoms with van der Waals surface area (Å²) in [5.41, 5.74) is 0.241. The zero-order valence-electron chi connectivity index (χ0n) is 14.7. The van der Waals surface area contributed by atoms with Crippen molar-refractivity contribution in [2.75, 3.05) is 31.6 Å². The van der Waals surface area contributed by atoms with Gasteiger partial charge in [0.1, 0.15) is 0 Å². The molecular weight excluding hydrogens is 433 g/mol. The van der Waals surface area contributed by atoms with Gasteiger partial charge in [-0.05, 0) is 31.9 Å². The van der Waals surface area contributed by atoms with Crippen molar-refractivity contribution in [3.8, 4) is 11.5 Å². The van der Waals surface area contributed by atoms with Crippen molar-refractivity contribution in [2.24, 2.45) is 4.99 Å². The number of fused-ring (bicyclic) bond motifs is 1. The van der Waals surface area contributed by atoms with Crippen molar-refractivity contribution in [1.82, 2.24) is 5.32 Å². The Morgan fingerprint density at radius 2 is 1.88 bits per heavy atom. The molecule has 0 saturated heterocycles. The maximum atomic E-state index is 10.5. The first-order valence-corrected chi connectivity index (χ1v) is 8.86. The van der Waals surface area contributed by atoms with E-state index in [2.05, 4.69) is 15.6 Å². The summed E-state index contributed by atoms with van der Waals surface area (Å²) in [4.78, 5) is 4.57. The number of nitrogens with one attached hydrogen (secondary N) is 2. The average molecular weight is 461 g/mol. The fourth-order valence-electron chi connectivity index (χ4n) is 3.10. The van der Waals surface area contributed by atoms with Gasteiger partial charge in [0, 0.05) is 24.7 Å². The predicted octanol–water partition coefficient (Wildman–Crippen LogP) is 3.15. The van der Waals surface area contributed by atoms with E-state index in [1.807, 2.05) is 25.1 Å². The highest BCUT2D eigenvalue weighted by Crippen LogP contribution is 2.32. The van der Waals surface area contributed by atoms with Crippen LogP contribution in [0.3, 0.4) is 0 Å². The number of aliphatic hydroxyl groups is 1. The van der Waals surface area contributed by atoms with E-state index in [-0.39, 0.29) is 24.0 Å². The lowest BCUT2D eigenvalue weighted by molar-refractivity contribution is 0.0575. The van der Waals surface area contributed by atoms with E-state index < -0.39 is 5.60 Å². The monoisotopic (exact) mass is 461 g/mol. The summed E-state index contributed by atoms with van der Waals surface area (Å²) in [5.74, 6) is 2.20. The second-order valence-corrected chi connectivity index (χ2v) is 6.46. The Hall–Kier alpha value is -1.22. The normalized spacial score (nSPS) is 18.9. The zero-order valence-corrected chi connectivity index (χ0v) is 17.0. The van der Waals surface area contributed by atoms with E-state index in [1.165, 1.54) is 0 Å². The molecule has 0 amide bonds. The number of halogens is 1. The molecule has 3 N–H and O–H groups in total. The van der Waals surface area contributed by atoms with Gasteiger partial charge in [-0.15, -0.1) is 24.0 Å². The minimum Gasteiger partial charge on any atom is -0.490 e. The fraction of sp³-hybridized carbons (Fsp3) is 0.611. The van der Waals surface area contributed by atoms with Crippen LogP contribution in [0.2, 0.25) is 0 Å². The first kappa shape index (κ1) is 20.1. The van der Waals surface area contributed by atoms with Gasteiger partial charge in [0.05, 0.1) is 25.4 Å². The van der Waals surface area contributed by atoms with E-state index in [0.29, 0.717) is 25.7 Å². The summed E-state index contributed by atoms with van der Waals surface area (Å²) in [7, 11) is 0. The molecule has 0 atom stereocenters. The van der Waals surface area contributed by atoms with Crippen molar-refractivity contribution in [3.63, 3.8) is 0 Å². The van der Waals surface area contributed by atoms with Gasteiger partial charge in [0.25, 0.3) is 0 Å². The zero-order chi connectivity index (χ0) is 16.8. The Balaban J connectivity index is 0.00000225. The van der Waals surface area contributed by atoms with Gasteiger partial charge in [0.2, 0.25) is 0 Å². The van der Waals surface area contributed by atoms with Crippen LogP contribution in [0.15, 0.2) is 23.2 Å². The molecule has 1 fully saturated rings. The molecule has 1 aliphatic heterocycles. The summed E-state index contributed by atoms with van der Waals surface area (Å²) in [6.45, 7) is 4.55. The summed E-state index contributed by atoms with van der Waals surface area (Å²) in [6.07, 6.45) is 4.72. The van der Waals surface area contributed by atoms with E-state index >= 15 is 0 Å². The SMILES string of the molecule is CCNC(=NCC1(O)CCCC1)Nc1ccc2c(c1)OCCCO2.I. The van der Waals surface area contributed by atoms with Gasteiger partial charge >= 0.3 is 0 Å². The second-order valence-electron chi connectivity index (χ2n) is 6.46. The number of anilines is 1. The van der Waals surface area contributed by atoms with Crippen LogP contribution >= 0.6 is 24.0 Å². The van der Waals surface area contributed by atoms with E-state index in [1.54, 1.807) is 0 Å². The Bertz CT molecular complexity index is 589. The van der Waals surface area contributed by atoms with Crippen molar-refractivity contribution >= 4 is 35.6 Å². The van der Waals surface area contributed by atoms with Gasteiger partial charge < -0.3 is 25.2 Å². The van der Waals surface area contributed by atoms with E-state index in [4.69, 9.17) is 9.47 Å². The van der Waals surface area contributed by atoms with Gasteiger partial charge in [0.15, 0.2) is 17.5 Å². The molecule has 1 aromatic carbocycles. The Morgan fingerprint density at radius 1 is 1.16 bits per heavy atom. The molecule has 1 saturated carbocycles. The standard InChI is InChI=1S/C18H27N3O3.HI/c1-2-19-17(20-13-18(22)8-3-4-9-18)21-14-6-7-15-16(12-14)24-11-5-10-23-15;/h6-7,12,22H,2-5,8-11,13H2,1H3,(H2,19,20,21);1H. The molecule has 0 radical (unpaired) electrons. The van der Waals surface area contributed by atoms with Crippen LogP contribution < -0.4 is 20.1 Å². The van der Waals surface area contributed by atoms with Crippen LogP contribution in [0, 0.1) is 0 Å². The number of hydrogen-bond donors (Lipinski definition) is 3. The van der Waals surface area contributed by atoms with Crippen LogP contribution in [0.5, 0.6) is 11.5 Å². The topological polar surface area (TPSA) is 75.1 Å². The molecule has 2 aliphatic rings. The van der Waals surface area contributed by atoms with Crippen molar-refractivity contribution in [1.29, 1.82) is 0 Å². The quantitative estimate of drug-likeness (QED) is 0.365. The minimum absolute atomic E-state index is 0. The van der Waals surface area contributed by atoms with Crippen LogP contribution in [-0.4, -0.2) is 43.0 Å². The number of hydrogen-bond acceptors (Lipinski definition) is 4. The van der Waals surface area contributed by atoms with Crippen molar-refractivity contribution in [2.45, 2.75) is 44.6 Å². The van der Waals surface area contributed by atoms with Gasteiger partial charge in [-0.25, -0.2) is 0 Å². The summed E-state index contributed by atoms with van der Waals surface area (Å²) in [5, 5.41) is 17.0. The van der Waals surface area contributed by atoms with Crippen molar-refractivity contribution < 1.29 is 14.6 Å². The van der Waals surface area contributed by atoms with E-state index in [9.17, 15) is 5.11 Å². The summed E-state index contributed by atoms with van der Waals surface area (Å²) >= 11 is 0. The summed E-state index contributed by atoms with van der Waals surface area (Å²) in [6, 6.07) is 5.79. The average Bonchev–Trinajstić information content (AvgIpc) is 2.88. The largest absolute Gasteiger partial charge is 0.490 e. The minimum atomic E-state index is -0.646. The number of rotatable bonds is 4. The molecule has 140 valence electrons. The molecule has 1 heterocycles. The van der Waals surface area contributed by atoms with Crippen LogP contribution in [-0.2, 0) is 0 Å². The van der Waals surface area contributed by atoms with Crippen LogP contribution in [0.25, 0.3) is 0 Å². The fourth-order valence-corrected chi connectivity index (χ4v) is 3.10.